The second-order valence-corrected chi connectivity index (χ2v) is 6.94. The van der Waals surface area contributed by atoms with Crippen LogP contribution in [0.15, 0.2) is 41.3 Å². The molecule has 0 radical (unpaired) electrons. The Kier molecular flexibility index (Phi) is 4.03. The number of anilines is 1. The van der Waals surface area contributed by atoms with Crippen LogP contribution < -0.4 is 10.9 Å². The minimum absolute atomic E-state index is 0.0176. The van der Waals surface area contributed by atoms with E-state index in [1.807, 2.05) is 0 Å². The van der Waals surface area contributed by atoms with E-state index in [9.17, 15) is 4.79 Å². The quantitative estimate of drug-likeness (QED) is 0.793. The zero-order valence-electron chi connectivity index (χ0n) is 13.3. The molecule has 1 saturated heterocycles. The topological polar surface area (TPSA) is 68.5 Å². The fourth-order valence-electron chi connectivity index (χ4n) is 2.97. The molecule has 0 spiro atoms. The van der Waals surface area contributed by atoms with E-state index in [4.69, 9.17) is 4.74 Å². The molecular formula is C17H18N4O2S. The van der Waals surface area contributed by atoms with Gasteiger partial charge < -0.3 is 10.1 Å². The predicted molar refractivity (Wildman–Crippen MR) is 93.7 cm³/mol. The maximum Gasteiger partial charge on any atom is 0.275 e. The Bertz CT molecular complexity index is 903. The number of benzene rings is 1. The number of nitrogens with one attached hydrogen (secondary N) is 1. The van der Waals surface area contributed by atoms with Gasteiger partial charge in [-0.2, -0.15) is 4.52 Å². The van der Waals surface area contributed by atoms with E-state index in [2.05, 4.69) is 46.6 Å². The smallest absolute Gasteiger partial charge is 0.275 e. The summed E-state index contributed by atoms with van der Waals surface area (Å²) in [4.78, 5) is 16.6. The van der Waals surface area contributed by atoms with Crippen LogP contribution in [0.2, 0.25) is 0 Å². The summed E-state index contributed by atoms with van der Waals surface area (Å²) in [6.45, 7) is 2.84. The summed E-state index contributed by atoms with van der Waals surface area (Å²) in [5, 5.41) is 8.48. The molecule has 2 aromatic heterocycles. The number of aryl methyl sites for hydroxylation is 1. The maximum atomic E-state index is 11.8. The van der Waals surface area contributed by atoms with Crippen LogP contribution in [0.25, 0.3) is 4.96 Å². The molecule has 4 rings (SSSR count). The highest BCUT2D eigenvalue weighted by Gasteiger charge is 2.28. The molecule has 0 amide bonds. The van der Waals surface area contributed by atoms with E-state index in [1.54, 1.807) is 0 Å². The molecule has 0 aliphatic carbocycles. The molecule has 3 heterocycles. The first-order chi connectivity index (χ1) is 11.7. The van der Waals surface area contributed by atoms with E-state index in [0.29, 0.717) is 10.1 Å². The molecule has 1 aliphatic heterocycles. The van der Waals surface area contributed by atoms with E-state index >= 15 is 0 Å². The Morgan fingerprint density at radius 1 is 1.29 bits per heavy atom. The van der Waals surface area contributed by atoms with E-state index in [0.717, 1.165) is 25.0 Å². The molecule has 0 saturated carbocycles. The zero-order chi connectivity index (χ0) is 16.5. The molecule has 124 valence electrons. The van der Waals surface area contributed by atoms with Crippen molar-refractivity contribution in [3.63, 3.8) is 0 Å². The van der Waals surface area contributed by atoms with Gasteiger partial charge in [0.2, 0.25) is 10.1 Å². The van der Waals surface area contributed by atoms with Crippen LogP contribution in [-0.2, 0) is 4.74 Å². The third-order valence-corrected chi connectivity index (χ3v) is 5.06. The van der Waals surface area contributed by atoms with Gasteiger partial charge in [0.1, 0.15) is 6.10 Å². The minimum atomic E-state index is -0.167. The summed E-state index contributed by atoms with van der Waals surface area (Å²) < 4.78 is 7.35. The highest BCUT2D eigenvalue weighted by atomic mass is 32.1. The van der Waals surface area contributed by atoms with Crippen molar-refractivity contribution in [2.24, 2.45) is 0 Å². The number of nitrogens with zero attached hydrogens (tertiary/aromatic N) is 3. The Balaban J connectivity index is 1.61. The Hall–Kier alpha value is -2.25. The first-order valence-corrected chi connectivity index (χ1v) is 8.82. The predicted octanol–water partition coefficient (Wildman–Crippen LogP) is 2.79. The molecule has 6 nitrogen and oxygen atoms in total. The van der Waals surface area contributed by atoms with Gasteiger partial charge in [-0.15, -0.1) is 5.10 Å². The van der Waals surface area contributed by atoms with Crippen molar-refractivity contribution in [3.8, 4) is 0 Å². The van der Waals surface area contributed by atoms with Gasteiger partial charge in [-0.3, -0.25) is 4.79 Å². The molecule has 1 N–H and O–H groups in total. The number of ether oxygens (including phenoxy) is 1. The summed E-state index contributed by atoms with van der Waals surface area (Å²) in [5.74, 6) is 0. The highest BCUT2D eigenvalue weighted by molar-refractivity contribution is 7.20. The maximum absolute atomic E-state index is 11.8. The van der Waals surface area contributed by atoms with Crippen LogP contribution in [0.3, 0.4) is 0 Å². The van der Waals surface area contributed by atoms with Crippen molar-refractivity contribution in [1.82, 2.24) is 14.6 Å². The number of rotatable bonds is 3. The second kappa shape index (κ2) is 6.33. The van der Waals surface area contributed by atoms with Gasteiger partial charge in [-0.25, -0.2) is 4.98 Å². The number of hydrogen-bond donors (Lipinski definition) is 1. The molecule has 1 aromatic carbocycles. The van der Waals surface area contributed by atoms with Gasteiger partial charge in [0, 0.05) is 18.9 Å². The lowest BCUT2D eigenvalue weighted by atomic mass is 9.95. The number of fused-ring (bicyclic) bond motifs is 1. The van der Waals surface area contributed by atoms with Crippen LogP contribution in [0.5, 0.6) is 0 Å². The van der Waals surface area contributed by atoms with Crippen LogP contribution >= 0.6 is 11.3 Å². The highest BCUT2D eigenvalue weighted by Crippen LogP contribution is 2.31. The fourth-order valence-corrected chi connectivity index (χ4v) is 3.81. The molecule has 3 aromatic rings. The normalized spacial score (nSPS) is 21.0. The van der Waals surface area contributed by atoms with Gasteiger partial charge in [0.15, 0.2) is 0 Å². The Morgan fingerprint density at radius 3 is 2.92 bits per heavy atom. The van der Waals surface area contributed by atoms with Crippen molar-refractivity contribution in [2.75, 3.05) is 11.9 Å². The van der Waals surface area contributed by atoms with Gasteiger partial charge in [0.25, 0.3) is 5.56 Å². The largest absolute Gasteiger partial charge is 0.371 e. The van der Waals surface area contributed by atoms with Crippen molar-refractivity contribution < 1.29 is 4.74 Å². The summed E-state index contributed by atoms with van der Waals surface area (Å²) in [7, 11) is 0. The Morgan fingerprint density at radius 2 is 2.12 bits per heavy atom. The summed E-state index contributed by atoms with van der Waals surface area (Å²) in [6.07, 6.45) is 3.49. The Labute approximate surface area is 143 Å². The lowest BCUT2D eigenvalue weighted by Gasteiger charge is -2.32. The van der Waals surface area contributed by atoms with Crippen LogP contribution in [0.4, 0.5) is 5.13 Å². The molecule has 0 unspecified atom stereocenters. The molecule has 2 atom stereocenters. The first kappa shape index (κ1) is 15.3. The van der Waals surface area contributed by atoms with Gasteiger partial charge in [0.05, 0.1) is 6.04 Å². The summed E-state index contributed by atoms with van der Waals surface area (Å²) in [5.41, 5.74) is 2.23. The summed E-state index contributed by atoms with van der Waals surface area (Å²) >= 11 is 1.38. The van der Waals surface area contributed by atoms with Gasteiger partial charge in [-0.05, 0) is 25.3 Å². The monoisotopic (exact) mass is 342 g/mol. The number of aromatic nitrogens is 3. The standard InChI is InChI=1S/C17H18N4O2S/c1-11-4-6-12(7-5-11)15-13(3-2-10-23-15)19-16-20-21-14(22)8-9-18-17(21)24-16/h4-9,13,15H,2-3,10H2,1H3,(H,19,20)/t13-,15-/m1/s1. The van der Waals surface area contributed by atoms with E-state index in [-0.39, 0.29) is 17.7 Å². The van der Waals surface area contributed by atoms with Crippen LogP contribution in [0, 0.1) is 6.92 Å². The van der Waals surface area contributed by atoms with Crippen molar-refractivity contribution in [1.29, 1.82) is 0 Å². The lowest BCUT2D eigenvalue weighted by molar-refractivity contribution is 0.00562. The molecule has 24 heavy (non-hydrogen) atoms. The van der Waals surface area contributed by atoms with Gasteiger partial charge in [-0.1, -0.05) is 41.2 Å². The van der Waals surface area contributed by atoms with Crippen molar-refractivity contribution in [3.05, 3.63) is 58.0 Å². The zero-order valence-corrected chi connectivity index (χ0v) is 14.1. The lowest BCUT2D eigenvalue weighted by Crippen LogP contribution is -2.33. The SMILES string of the molecule is Cc1ccc([C@H]2OCCC[C@H]2Nc2nn3c(=O)ccnc3s2)cc1. The number of hydrogen-bond acceptors (Lipinski definition) is 6. The molecule has 0 bridgehead atoms. The van der Waals surface area contributed by atoms with Crippen LogP contribution in [0.1, 0.15) is 30.1 Å². The van der Waals surface area contributed by atoms with Crippen LogP contribution in [-0.4, -0.2) is 27.2 Å². The average molecular weight is 342 g/mol. The second-order valence-electron chi connectivity index (χ2n) is 5.98. The van der Waals surface area contributed by atoms with E-state index < -0.39 is 0 Å². The molecule has 7 heteroatoms. The fraction of sp³-hybridized carbons (Fsp3) is 0.353. The average Bonchev–Trinajstić information content (AvgIpc) is 3.00. The van der Waals surface area contributed by atoms with E-state index in [1.165, 1.54) is 33.7 Å². The minimum Gasteiger partial charge on any atom is -0.371 e. The third-order valence-electron chi connectivity index (χ3n) is 4.21. The summed E-state index contributed by atoms with van der Waals surface area (Å²) in [6, 6.07) is 9.97. The molecule has 1 fully saturated rings. The first-order valence-electron chi connectivity index (χ1n) is 8.00. The molecule has 1 aliphatic rings. The van der Waals surface area contributed by atoms with Crippen molar-refractivity contribution in [2.45, 2.75) is 31.9 Å². The third kappa shape index (κ3) is 2.92. The van der Waals surface area contributed by atoms with Crippen molar-refractivity contribution >= 4 is 21.4 Å². The molecular weight excluding hydrogens is 324 g/mol. The van der Waals surface area contributed by atoms with Gasteiger partial charge >= 0.3 is 0 Å².